The number of nitrogens with one attached hydrogen (secondary N) is 2. The molecule has 0 aromatic carbocycles. The lowest BCUT2D eigenvalue weighted by Crippen LogP contribution is -2.20. The Morgan fingerprint density at radius 3 is 2.93 bits per heavy atom. The third kappa shape index (κ3) is 3.15. The van der Waals surface area contributed by atoms with Crippen molar-refractivity contribution in [1.29, 1.82) is 0 Å². The second-order valence-corrected chi connectivity index (χ2v) is 3.53. The number of aromatic amines is 1. The number of thiazole rings is 1. The number of rotatable bonds is 5. The van der Waals surface area contributed by atoms with Crippen LogP contribution in [0.3, 0.4) is 0 Å². The molecule has 0 aliphatic heterocycles. The van der Waals surface area contributed by atoms with E-state index in [0.717, 1.165) is 17.0 Å². The van der Waals surface area contributed by atoms with Crippen molar-refractivity contribution in [3.8, 4) is 0 Å². The van der Waals surface area contributed by atoms with Crippen LogP contribution in [-0.2, 0) is 11.3 Å². The molecule has 3 N–H and O–H groups in total. The summed E-state index contributed by atoms with van der Waals surface area (Å²) in [5, 5.41) is 13.0. The molecule has 6 heteroatoms. The Morgan fingerprint density at radius 2 is 2.43 bits per heavy atom. The van der Waals surface area contributed by atoms with E-state index in [4.69, 9.17) is 5.11 Å². The normalized spacial score (nSPS) is 10.0. The van der Waals surface area contributed by atoms with Crippen molar-refractivity contribution in [2.45, 2.75) is 6.54 Å². The highest BCUT2D eigenvalue weighted by molar-refractivity contribution is 7.07. The van der Waals surface area contributed by atoms with E-state index in [0.29, 0.717) is 6.54 Å². The van der Waals surface area contributed by atoms with E-state index in [1.165, 1.54) is 0 Å². The first-order valence-corrected chi connectivity index (χ1v) is 4.76. The molecule has 14 heavy (non-hydrogen) atoms. The quantitative estimate of drug-likeness (QED) is 0.610. The van der Waals surface area contributed by atoms with E-state index in [-0.39, 0.29) is 17.0 Å². The summed E-state index contributed by atoms with van der Waals surface area (Å²) in [4.78, 5) is 23.6. The summed E-state index contributed by atoms with van der Waals surface area (Å²) in [7, 11) is 0. The Hall–Kier alpha value is -1.40. The molecule has 0 atom stereocenters. The van der Waals surface area contributed by atoms with Gasteiger partial charge in [-0.25, -0.2) is 4.79 Å². The highest BCUT2D eigenvalue weighted by Crippen LogP contribution is 1.95. The number of carboxylic acid groups (broad SMARTS) is 1. The molecule has 1 heterocycles. The lowest BCUT2D eigenvalue weighted by molar-refractivity contribution is -0.132. The molecule has 1 rings (SSSR count). The molecule has 0 aliphatic carbocycles. The van der Waals surface area contributed by atoms with Crippen LogP contribution in [0.4, 0.5) is 0 Å². The van der Waals surface area contributed by atoms with Gasteiger partial charge in [0.2, 0.25) is 0 Å². The summed E-state index contributed by atoms with van der Waals surface area (Å²) in [6, 6.07) is 0. The molecule has 0 saturated carbocycles. The van der Waals surface area contributed by atoms with Crippen molar-refractivity contribution in [3.05, 3.63) is 32.9 Å². The van der Waals surface area contributed by atoms with Gasteiger partial charge in [-0.2, -0.15) is 0 Å². The number of aromatic nitrogens is 1. The van der Waals surface area contributed by atoms with Crippen molar-refractivity contribution in [2.75, 3.05) is 6.54 Å². The van der Waals surface area contributed by atoms with Crippen LogP contribution >= 0.6 is 11.3 Å². The fourth-order valence-corrected chi connectivity index (χ4v) is 1.41. The van der Waals surface area contributed by atoms with Crippen molar-refractivity contribution < 1.29 is 9.90 Å². The van der Waals surface area contributed by atoms with Gasteiger partial charge in [0.15, 0.2) is 0 Å². The van der Waals surface area contributed by atoms with E-state index >= 15 is 0 Å². The molecule has 1 aromatic rings. The number of hydrogen-bond donors (Lipinski definition) is 3. The summed E-state index contributed by atoms with van der Waals surface area (Å²) in [6.07, 6.45) is 0. The van der Waals surface area contributed by atoms with Gasteiger partial charge in [-0.05, 0) is 0 Å². The summed E-state index contributed by atoms with van der Waals surface area (Å²) in [5.74, 6) is -1.02. The zero-order valence-electron chi connectivity index (χ0n) is 7.37. The Morgan fingerprint density at radius 1 is 1.71 bits per heavy atom. The second-order valence-electron chi connectivity index (χ2n) is 2.69. The Labute approximate surface area is 84.1 Å². The van der Waals surface area contributed by atoms with Gasteiger partial charge in [0.05, 0.1) is 0 Å². The van der Waals surface area contributed by atoms with Gasteiger partial charge in [0.25, 0.3) is 0 Å². The highest BCUT2D eigenvalue weighted by atomic mass is 32.1. The average Bonchev–Trinajstić information content (AvgIpc) is 2.51. The highest BCUT2D eigenvalue weighted by Gasteiger charge is 2.03. The van der Waals surface area contributed by atoms with E-state index in [9.17, 15) is 9.59 Å². The first-order valence-electron chi connectivity index (χ1n) is 3.88. The second kappa shape index (κ2) is 4.73. The van der Waals surface area contributed by atoms with Gasteiger partial charge in [0, 0.05) is 29.7 Å². The molecule has 0 fully saturated rings. The Balaban J connectivity index is 2.32. The van der Waals surface area contributed by atoms with Crippen LogP contribution in [0.1, 0.15) is 5.69 Å². The molecule has 0 bridgehead atoms. The van der Waals surface area contributed by atoms with Crippen LogP contribution in [0.25, 0.3) is 0 Å². The Bertz CT molecular complexity index is 393. The standard InChI is InChI=1S/C8H10N2O3S/c1-5(7(11)12)2-9-3-6-4-14-8(13)10-6/h4,9H,1-3H2,(H,10,13)(H,11,12). The fraction of sp³-hybridized carbons (Fsp3) is 0.250. The van der Waals surface area contributed by atoms with Crippen LogP contribution in [0.15, 0.2) is 22.3 Å². The minimum atomic E-state index is -1.02. The van der Waals surface area contributed by atoms with Gasteiger partial charge in [-0.15, -0.1) is 0 Å². The molecule has 0 spiro atoms. The largest absolute Gasteiger partial charge is 0.478 e. The van der Waals surface area contributed by atoms with Crippen molar-refractivity contribution >= 4 is 17.3 Å². The van der Waals surface area contributed by atoms with E-state index in [1.807, 2.05) is 0 Å². The first-order chi connectivity index (χ1) is 6.59. The monoisotopic (exact) mass is 214 g/mol. The van der Waals surface area contributed by atoms with E-state index < -0.39 is 5.97 Å². The van der Waals surface area contributed by atoms with Crippen molar-refractivity contribution in [3.63, 3.8) is 0 Å². The van der Waals surface area contributed by atoms with Crippen LogP contribution in [0.2, 0.25) is 0 Å². The maximum absolute atomic E-state index is 10.7. The van der Waals surface area contributed by atoms with Gasteiger partial charge in [0.1, 0.15) is 0 Å². The summed E-state index contributed by atoms with van der Waals surface area (Å²) in [6.45, 7) is 4.00. The van der Waals surface area contributed by atoms with Crippen LogP contribution in [-0.4, -0.2) is 22.6 Å². The third-order valence-electron chi connectivity index (χ3n) is 1.53. The lowest BCUT2D eigenvalue weighted by atomic mass is 10.3. The maximum atomic E-state index is 10.7. The third-order valence-corrected chi connectivity index (χ3v) is 2.25. The molecule has 1 aromatic heterocycles. The first kappa shape index (κ1) is 10.7. The zero-order chi connectivity index (χ0) is 10.6. The number of carbonyl (C=O) groups is 1. The lowest BCUT2D eigenvalue weighted by Gasteiger charge is -2.01. The predicted octanol–water partition coefficient (Wildman–Crippen LogP) is 0.167. The fourth-order valence-electron chi connectivity index (χ4n) is 0.824. The molecule has 0 saturated heterocycles. The summed E-state index contributed by atoms with van der Waals surface area (Å²) >= 11 is 1.08. The SMILES string of the molecule is C=C(CNCc1csc(=O)[nH]1)C(=O)O. The topological polar surface area (TPSA) is 82.2 Å². The number of hydrogen-bond acceptors (Lipinski definition) is 4. The summed E-state index contributed by atoms with van der Waals surface area (Å²) in [5.41, 5.74) is 0.848. The smallest absolute Gasteiger partial charge is 0.332 e. The number of H-pyrrole nitrogens is 1. The molecular weight excluding hydrogens is 204 g/mol. The number of carboxylic acids is 1. The molecular formula is C8H10N2O3S. The average molecular weight is 214 g/mol. The van der Waals surface area contributed by atoms with Gasteiger partial charge >= 0.3 is 10.8 Å². The van der Waals surface area contributed by atoms with Gasteiger partial charge in [-0.3, -0.25) is 4.79 Å². The molecule has 0 aliphatic rings. The van der Waals surface area contributed by atoms with Gasteiger partial charge in [-0.1, -0.05) is 17.9 Å². The van der Waals surface area contributed by atoms with E-state index in [1.54, 1.807) is 5.38 Å². The minimum Gasteiger partial charge on any atom is -0.478 e. The molecule has 0 amide bonds. The molecule has 0 radical (unpaired) electrons. The predicted molar refractivity (Wildman–Crippen MR) is 53.4 cm³/mol. The van der Waals surface area contributed by atoms with E-state index in [2.05, 4.69) is 16.9 Å². The molecule has 0 unspecified atom stereocenters. The van der Waals surface area contributed by atoms with Crippen LogP contribution in [0, 0.1) is 0 Å². The minimum absolute atomic E-state index is 0.0996. The number of aliphatic carboxylic acids is 1. The molecule has 5 nitrogen and oxygen atoms in total. The van der Waals surface area contributed by atoms with Crippen molar-refractivity contribution in [1.82, 2.24) is 10.3 Å². The van der Waals surface area contributed by atoms with Crippen LogP contribution < -0.4 is 10.2 Å². The van der Waals surface area contributed by atoms with Crippen molar-refractivity contribution in [2.24, 2.45) is 0 Å². The zero-order valence-corrected chi connectivity index (χ0v) is 8.19. The molecule has 76 valence electrons. The Kier molecular flexibility index (Phi) is 3.61. The van der Waals surface area contributed by atoms with Crippen LogP contribution in [0.5, 0.6) is 0 Å². The summed E-state index contributed by atoms with van der Waals surface area (Å²) < 4.78 is 0. The maximum Gasteiger partial charge on any atom is 0.332 e. The van der Waals surface area contributed by atoms with Gasteiger partial charge < -0.3 is 15.4 Å².